The van der Waals surface area contributed by atoms with Crippen LogP contribution in [0, 0.1) is 0 Å². The topological polar surface area (TPSA) is 64.3 Å². The quantitative estimate of drug-likeness (QED) is 0.789. The van der Waals surface area contributed by atoms with Gasteiger partial charge in [-0.1, -0.05) is 11.8 Å². The number of carbonyl (C=O) groups is 1. The van der Waals surface area contributed by atoms with Crippen LogP contribution >= 0.6 is 23.5 Å². The Morgan fingerprint density at radius 3 is 2.90 bits per heavy atom. The minimum Gasteiger partial charge on any atom is -0.497 e. The van der Waals surface area contributed by atoms with E-state index in [2.05, 4.69) is 22.7 Å². The maximum Gasteiger partial charge on any atom is 0.313 e. The van der Waals surface area contributed by atoms with Crippen LogP contribution in [0.2, 0.25) is 0 Å². The van der Waals surface area contributed by atoms with Crippen molar-refractivity contribution in [3.8, 4) is 5.75 Å². The summed E-state index contributed by atoms with van der Waals surface area (Å²) >= 11 is 3.01. The number of carboxylic acids is 1. The molecule has 0 aliphatic carbocycles. The largest absolute Gasteiger partial charge is 0.497 e. The van der Waals surface area contributed by atoms with Crippen LogP contribution in [0.25, 0.3) is 11.0 Å². The highest BCUT2D eigenvalue weighted by Crippen LogP contribution is 2.30. The first-order valence-electron chi connectivity index (χ1n) is 6.46. The SMILES string of the molecule is COc1ccc2c(c1)nc(SCC(=O)O)n2C(C)CSC. The number of aliphatic carboxylic acids is 1. The summed E-state index contributed by atoms with van der Waals surface area (Å²) in [5.41, 5.74) is 1.83. The average Bonchev–Trinajstić information content (AvgIpc) is 2.82. The van der Waals surface area contributed by atoms with Crippen molar-refractivity contribution in [2.45, 2.75) is 18.1 Å². The van der Waals surface area contributed by atoms with Crippen molar-refractivity contribution >= 4 is 40.5 Å². The molecule has 1 heterocycles. The molecule has 0 bridgehead atoms. The highest BCUT2D eigenvalue weighted by atomic mass is 32.2. The molecule has 0 saturated heterocycles. The summed E-state index contributed by atoms with van der Waals surface area (Å²) in [7, 11) is 1.62. The zero-order chi connectivity index (χ0) is 15.4. The monoisotopic (exact) mass is 326 g/mol. The summed E-state index contributed by atoms with van der Waals surface area (Å²) in [5.74, 6) is 0.859. The molecule has 1 aromatic carbocycles. The number of nitrogens with zero attached hydrogens (tertiary/aromatic N) is 2. The third-order valence-electron chi connectivity index (χ3n) is 3.04. The van der Waals surface area contributed by atoms with Gasteiger partial charge >= 0.3 is 5.97 Å². The summed E-state index contributed by atoms with van der Waals surface area (Å²) in [4.78, 5) is 15.4. The van der Waals surface area contributed by atoms with Crippen LogP contribution < -0.4 is 4.74 Å². The molecule has 1 unspecified atom stereocenters. The van der Waals surface area contributed by atoms with E-state index in [9.17, 15) is 4.79 Å². The van der Waals surface area contributed by atoms with Crippen molar-refractivity contribution in [1.29, 1.82) is 0 Å². The summed E-state index contributed by atoms with van der Waals surface area (Å²) < 4.78 is 7.33. The second kappa shape index (κ2) is 7.09. The molecular weight excluding hydrogens is 308 g/mol. The van der Waals surface area contributed by atoms with Crippen molar-refractivity contribution in [3.63, 3.8) is 0 Å². The van der Waals surface area contributed by atoms with Crippen LogP contribution in [0.15, 0.2) is 23.4 Å². The molecule has 2 aromatic rings. The Morgan fingerprint density at radius 1 is 1.52 bits per heavy atom. The van der Waals surface area contributed by atoms with Crippen molar-refractivity contribution in [2.75, 3.05) is 24.9 Å². The zero-order valence-corrected chi connectivity index (χ0v) is 13.8. The van der Waals surface area contributed by atoms with Gasteiger partial charge < -0.3 is 14.4 Å². The maximum absolute atomic E-state index is 10.8. The second-order valence-electron chi connectivity index (χ2n) is 4.61. The Hall–Kier alpha value is -1.34. The van der Waals surface area contributed by atoms with Gasteiger partial charge in [0, 0.05) is 17.9 Å². The first-order valence-corrected chi connectivity index (χ1v) is 8.84. The lowest BCUT2D eigenvalue weighted by atomic mass is 10.3. The number of ether oxygens (including phenoxy) is 1. The first kappa shape index (κ1) is 16.0. The maximum atomic E-state index is 10.8. The van der Waals surface area contributed by atoms with Crippen LogP contribution in [-0.2, 0) is 4.79 Å². The van der Waals surface area contributed by atoms with Crippen molar-refractivity contribution in [2.24, 2.45) is 0 Å². The van der Waals surface area contributed by atoms with Gasteiger partial charge in [-0.25, -0.2) is 4.98 Å². The molecule has 1 N–H and O–H groups in total. The summed E-state index contributed by atoms with van der Waals surface area (Å²) in [6.45, 7) is 2.12. The molecule has 0 aliphatic heterocycles. The van der Waals surface area contributed by atoms with Gasteiger partial charge in [0.25, 0.3) is 0 Å². The van der Waals surface area contributed by atoms with E-state index in [0.29, 0.717) is 0 Å². The number of rotatable bonds is 7. The zero-order valence-electron chi connectivity index (χ0n) is 12.2. The van der Waals surface area contributed by atoms with Gasteiger partial charge in [-0.3, -0.25) is 4.79 Å². The molecule has 1 aromatic heterocycles. The van der Waals surface area contributed by atoms with E-state index in [4.69, 9.17) is 9.84 Å². The third-order valence-corrected chi connectivity index (χ3v) is 4.79. The van der Waals surface area contributed by atoms with E-state index >= 15 is 0 Å². The molecule has 5 nitrogen and oxygen atoms in total. The average molecular weight is 326 g/mol. The molecule has 0 amide bonds. The van der Waals surface area contributed by atoms with Crippen LogP contribution in [0.5, 0.6) is 5.75 Å². The van der Waals surface area contributed by atoms with E-state index < -0.39 is 5.97 Å². The van der Waals surface area contributed by atoms with Gasteiger partial charge in [0.1, 0.15) is 5.75 Å². The van der Waals surface area contributed by atoms with Gasteiger partial charge in [0.15, 0.2) is 5.16 Å². The van der Waals surface area contributed by atoms with E-state index in [0.717, 1.165) is 27.7 Å². The van der Waals surface area contributed by atoms with Crippen molar-refractivity contribution in [3.05, 3.63) is 18.2 Å². The number of hydrogen-bond acceptors (Lipinski definition) is 5. The highest BCUT2D eigenvalue weighted by Gasteiger charge is 2.17. The van der Waals surface area contributed by atoms with Crippen LogP contribution in [0.3, 0.4) is 0 Å². The van der Waals surface area contributed by atoms with Crippen molar-refractivity contribution < 1.29 is 14.6 Å². The lowest BCUT2D eigenvalue weighted by molar-refractivity contribution is -0.133. The number of benzene rings is 1. The van der Waals surface area contributed by atoms with E-state index in [1.807, 2.05) is 18.2 Å². The standard InChI is InChI=1S/C14H18N2O3S2/c1-9(7-20-3)16-12-5-4-10(19-2)6-11(12)15-14(16)21-8-13(17)18/h4-6,9H,7-8H2,1-3H3,(H,17,18). The van der Waals surface area contributed by atoms with Crippen LogP contribution in [0.1, 0.15) is 13.0 Å². The lowest BCUT2D eigenvalue weighted by Gasteiger charge is -2.16. The number of methoxy groups -OCH3 is 1. The fourth-order valence-electron chi connectivity index (χ4n) is 2.15. The number of aromatic nitrogens is 2. The fraction of sp³-hybridized carbons (Fsp3) is 0.429. The van der Waals surface area contributed by atoms with Gasteiger partial charge in [0.2, 0.25) is 0 Å². The fourth-order valence-corrected chi connectivity index (χ4v) is 3.62. The highest BCUT2D eigenvalue weighted by molar-refractivity contribution is 7.99. The second-order valence-corrected chi connectivity index (χ2v) is 6.46. The van der Waals surface area contributed by atoms with E-state index in [1.54, 1.807) is 18.9 Å². The van der Waals surface area contributed by atoms with Gasteiger partial charge in [-0.15, -0.1) is 0 Å². The van der Waals surface area contributed by atoms with Crippen molar-refractivity contribution in [1.82, 2.24) is 9.55 Å². The normalized spacial score (nSPS) is 12.5. The molecule has 21 heavy (non-hydrogen) atoms. The summed E-state index contributed by atoms with van der Waals surface area (Å²) in [6, 6.07) is 6.00. The van der Waals surface area contributed by atoms with Crippen LogP contribution in [-0.4, -0.2) is 45.5 Å². The number of thioether (sulfide) groups is 2. The molecule has 2 rings (SSSR count). The molecule has 0 aliphatic rings. The predicted octanol–water partition coefficient (Wildman–Crippen LogP) is 3.15. The number of fused-ring (bicyclic) bond motifs is 1. The molecule has 0 radical (unpaired) electrons. The first-order chi connectivity index (χ1) is 10.1. The predicted molar refractivity (Wildman–Crippen MR) is 87.7 cm³/mol. The molecule has 114 valence electrons. The van der Waals surface area contributed by atoms with E-state index in [-0.39, 0.29) is 11.8 Å². The summed E-state index contributed by atoms with van der Waals surface area (Å²) in [6.07, 6.45) is 2.06. The molecule has 7 heteroatoms. The number of imidazole rings is 1. The van der Waals surface area contributed by atoms with Gasteiger partial charge in [0.05, 0.1) is 23.9 Å². The molecule has 0 spiro atoms. The molecular formula is C14H18N2O3S2. The van der Waals surface area contributed by atoms with Gasteiger partial charge in [-0.05, 0) is 25.3 Å². The Bertz CT molecular complexity index is 642. The minimum atomic E-state index is -0.839. The number of hydrogen-bond donors (Lipinski definition) is 1. The lowest BCUT2D eigenvalue weighted by Crippen LogP contribution is -2.10. The Labute approximate surface area is 132 Å². The molecule has 1 atom stereocenters. The summed E-state index contributed by atoms with van der Waals surface area (Å²) in [5, 5.41) is 9.62. The smallest absolute Gasteiger partial charge is 0.313 e. The van der Waals surface area contributed by atoms with E-state index in [1.165, 1.54) is 11.8 Å². The molecule has 0 saturated carbocycles. The molecule has 0 fully saturated rings. The number of carboxylic acid groups (broad SMARTS) is 1. The Kier molecular flexibility index (Phi) is 5.41. The van der Waals surface area contributed by atoms with Crippen LogP contribution in [0.4, 0.5) is 0 Å². The minimum absolute atomic E-state index is 0.00639. The third kappa shape index (κ3) is 3.65. The Balaban J connectivity index is 2.47. The Morgan fingerprint density at radius 2 is 2.29 bits per heavy atom. The van der Waals surface area contributed by atoms with Gasteiger partial charge in [-0.2, -0.15) is 11.8 Å².